The smallest absolute Gasteiger partial charge is 0.269 e. The number of anilines is 1. The summed E-state index contributed by atoms with van der Waals surface area (Å²) in [6.07, 6.45) is 1.96. The average molecular weight is 410 g/mol. The summed E-state index contributed by atoms with van der Waals surface area (Å²) in [6, 6.07) is 13.8. The Morgan fingerprint density at radius 1 is 1.21 bits per heavy atom. The minimum Gasteiger partial charge on any atom is -0.325 e. The summed E-state index contributed by atoms with van der Waals surface area (Å²) in [5.74, 6) is 0.339. The van der Waals surface area contributed by atoms with Gasteiger partial charge in [-0.3, -0.25) is 19.8 Å². The van der Waals surface area contributed by atoms with Crippen LogP contribution in [-0.4, -0.2) is 39.8 Å². The van der Waals surface area contributed by atoms with Crippen molar-refractivity contribution in [3.05, 3.63) is 63.7 Å². The van der Waals surface area contributed by atoms with Crippen molar-refractivity contribution in [2.45, 2.75) is 31.7 Å². The van der Waals surface area contributed by atoms with Crippen LogP contribution in [0.3, 0.4) is 0 Å². The fraction of sp³-hybridized carbons (Fsp3) is 0.333. The van der Waals surface area contributed by atoms with Crippen molar-refractivity contribution in [3.8, 4) is 0 Å². The number of aromatic nitrogens is 1. The number of fused-ring (bicyclic) bond motifs is 1. The van der Waals surface area contributed by atoms with Crippen molar-refractivity contribution in [3.63, 3.8) is 0 Å². The minimum atomic E-state index is -0.455. The molecule has 1 N–H and O–H groups in total. The van der Waals surface area contributed by atoms with E-state index in [-0.39, 0.29) is 17.6 Å². The first kappa shape index (κ1) is 19.5. The van der Waals surface area contributed by atoms with E-state index in [1.54, 1.807) is 23.5 Å². The lowest BCUT2D eigenvalue weighted by Crippen LogP contribution is -2.45. The van der Waals surface area contributed by atoms with Crippen molar-refractivity contribution < 1.29 is 9.72 Å². The van der Waals surface area contributed by atoms with Crippen LogP contribution in [-0.2, 0) is 4.79 Å². The maximum atomic E-state index is 12.6. The summed E-state index contributed by atoms with van der Waals surface area (Å²) in [7, 11) is 0. The van der Waals surface area contributed by atoms with Gasteiger partial charge in [0.2, 0.25) is 5.91 Å². The number of likely N-dealkylation sites (tertiary alicyclic amines) is 1. The van der Waals surface area contributed by atoms with Gasteiger partial charge in [0.25, 0.3) is 5.69 Å². The molecule has 0 spiro atoms. The Labute approximate surface area is 172 Å². The van der Waals surface area contributed by atoms with E-state index in [0.717, 1.165) is 31.4 Å². The van der Waals surface area contributed by atoms with Crippen LogP contribution in [0.15, 0.2) is 48.5 Å². The number of piperidine rings is 1. The van der Waals surface area contributed by atoms with Gasteiger partial charge in [0.1, 0.15) is 0 Å². The van der Waals surface area contributed by atoms with Gasteiger partial charge in [-0.25, -0.2) is 4.98 Å². The van der Waals surface area contributed by atoms with Crippen LogP contribution >= 0.6 is 11.3 Å². The number of carbonyl (C=O) groups is 1. The average Bonchev–Trinajstić information content (AvgIpc) is 3.18. The molecule has 1 aliphatic heterocycles. The van der Waals surface area contributed by atoms with Gasteiger partial charge in [-0.05, 0) is 57.1 Å². The molecule has 0 aliphatic carbocycles. The molecular weight excluding hydrogens is 388 g/mol. The minimum absolute atomic E-state index is 0.00738. The number of non-ortho nitro benzene ring substituents is 1. The number of nitrogens with zero attached hydrogens (tertiary/aromatic N) is 3. The first-order valence-electron chi connectivity index (χ1n) is 9.66. The Balaban J connectivity index is 1.33. The van der Waals surface area contributed by atoms with E-state index in [1.165, 1.54) is 21.8 Å². The lowest BCUT2D eigenvalue weighted by atomic mass is 9.96. The van der Waals surface area contributed by atoms with Crippen LogP contribution in [0.5, 0.6) is 0 Å². The molecule has 0 radical (unpaired) electrons. The Morgan fingerprint density at radius 2 is 1.90 bits per heavy atom. The van der Waals surface area contributed by atoms with E-state index in [4.69, 9.17) is 4.98 Å². The molecule has 8 heteroatoms. The second kappa shape index (κ2) is 8.26. The molecular formula is C21H22N4O3S. The summed E-state index contributed by atoms with van der Waals surface area (Å²) in [5, 5.41) is 14.8. The third kappa shape index (κ3) is 4.28. The topological polar surface area (TPSA) is 88.4 Å². The third-order valence-corrected chi connectivity index (χ3v) is 6.66. The maximum Gasteiger partial charge on any atom is 0.269 e. The van der Waals surface area contributed by atoms with E-state index in [2.05, 4.69) is 22.3 Å². The SMILES string of the molecule is CC(C(=O)Nc1ccc([N+](=O)[O-])cc1)N1CCC(c2nc3ccccc3s2)CC1. The second-order valence-corrected chi connectivity index (χ2v) is 8.36. The zero-order chi connectivity index (χ0) is 20.4. The van der Waals surface area contributed by atoms with Crippen molar-refractivity contribution in [1.29, 1.82) is 0 Å². The molecule has 2 aromatic carbocycles. The van der Waals surface area contributed by atoms with Gasteiger partial charge < -0.3 is 5.32 Å². The van der Waals surface area contributed by atoms with Crippen LogP contribution in [0.2, 0.25) is 0 Å². The van der Waals surface area contributed by atoms with E-state index in [1.807, 2.05) is 19.1 Å². The number of nitrogens with one attached hydrogen (secondary N) is 1. The molecule has 1 aromatic heterocycles. The molecule has 4 rings (SSSR count). The Bertz CT molecular complexity index is 993. The predicted octanol–water partition coefficient (Wildman–Crippen LogP) is 4.41. The molecule has 1 unspecified atom stereocenters. The maximum absolute atomic E-state index is 12.6. The molecule has 1 atom stereocenters. The molecule has 1 amide bonds. The van der Waals surface area contributed by atoms with Gasteiger partial charge in [-0.15, -0.1) is 11.3 Å². The number of amides is 1. The van der Waals surface area contributed by atoms with Crippen LogP contribution in [0, 0.1) is 10.1 Å². The molecule has 1 aliphatic rings. The quantitative estimate of drug-likeness (QED) is 0.497. The molecule has 0 saturated carbocycles. The normalized spacial score (nSPS) is 16.6. The highest BCUT2D eigenvalue weighted by atomic mass is 32.1. The van der Waals surface area contributed by atoms with Gasteiger partial charge >= 0.3 is 0 Å². The van der Waals surface area contributed by atoms with Gasteiger partial charge in [-0.1, -0.05) is 12.1 Å². The van der Waals surface area contributed by atoms with Crippen molar-refractivity contribution in [2.24, 2.45) is 0 Å². The van der Waals surface area contributed by atoms with E-state index in [0.29, 0.717) is 11.6 Å². The van der Waals surface area contributed by atoms with E-state index in [9.17, 15) is 14.9 Å². The number of thiazole rings is 1. The molecule has 7 nitrogen and oxygen atoms in total. The fourth-order valence-corrected chi connectivity index (χ4v) is 4.81. The van der Waals surface area contributed by atoms with E-state index >= 15 is 0 Å². The van der Waals surface area contributed by atoms with Gasteiger partial charge in [-0.2, -0.15) is 0 Å². The molecule has 1 saturated heterocycles. The van der Waals surface area contributed by atoms with Gasteiger partial charge in [0.05, 0.1) is 26.2 Å². The fourth-order valence-electron chi connectivity index (χ4n) is 3.68. The van der Waals surface area contributed by atoms with Crippen molar-refractivity contribution in [1.82, 2.24) is 9.88 Å². The number of nitro groups is 1. The highest BCUT2D eigenvalue weighted by Gasteiger charge is 2.28. The number of hydrogen-bond donors (Lipinski definition) is 1. The molecule has 2 heterocycles. The zero-order valence-electron chi connectivity index (χ0n) is 16.1. The number of benzene rings is 2. The summed E-state index contributed by atoms with van der Waals surface area (Å²) in [5.41, 5.74) is 1.63. The Hall–Kier alpha value is -2.84. The van der Waals surface area contributed by atoms with Crippen molar-refractivity contribution in [2.75, 3.05) is 18.4 Å². The number of rotatable bonds is 5. The largest absolute Gasteiger partial charge is 0.325 e. The van der Waals surface area contributed by atoms with Crippen LogP contribution in [0.4, 0.5) is 11.4 Å². The van der Waals surface area contributed by atoms with Crippen molar-refractivity contribution >= 4 is 38.8 Å². The summed E-state index contributed by atoms with van der Waals surface area (Å²) >= 11 is 1.77. The zero-order valence-corrected chi connectivity index (χ0v) is 16.9. The summed E-state index contributed by atoms with van der Waals surface area (Å²) in [4.78, 5) is 29.9. The molecule has 29 heavy (non-hydrogen) atoms. The summed E-state index contributed by atoms with van der Waals surface area (Å²) < 4.78 is 1.22. The van der Waals surface area contributed by atoms with Crippen LogP contribution in [0.1, 0.15) is 30.7 Å². The van der Waals surface area contributed by atoms with E-state index < -0.39 is 4.92 Å². The predicted molar refractivity (Wildman–Crippen MR) is 114 cm³/mol. The first-order chi connectivity index (χ1) is 14.0. The van der Waals surface area contributed by atoms with Gasteiger partial charge in [0, 0.05) is 23.7 Å². The molecule has 3 aromatic rings. The lowest BCUT2D eigenvalue weighted by Gasteiger charge is -2.34. The monoisotopic (exact) mass is 410 g/mol. The third-order valence-electron chi connectivity index (χ3n) is 5.46. The van der Waals surface area contributed by atoms with Crippen LogP contribution in [0.25, 0.3) is 10.2 Å². The number of para-hydroxylation sites is 1. The lowest BCUT2D eigenvalue weighted by molar-refractivity contribution is -0.384. The van der Waals surface area contributed by atoms with Crippen LogP contribution < -0.4 is 5.32 Å². The standard InChI is InChI=1S/C21H22N4O3S/c1-14(20(26)22-16-6-8-17(9-7-16)25(27)28)24-12-10-15(11-13-24)21-23-18-4-2-3-5-19(18)29-21/h2-9,14-15H,10-13H2,1H3,(H,22,26). The molecule has 1 fully saturated rings. The Kier molecular flexibility index (Phi) is 5.55. The number of hydrogen-bond acceptors (Lipinski definition) is 6. The number of carbonyl (C=O) groups excluding carboxylic acids is 1. The highest BCUT2D eigenvalue weighted by Crippen LogP contribution is 2.34. The highest BCUT2D eigenvalue weighted by molar-refractivity contribution is 7.18. The molecule has 150 valence electrons. The second-order valence-electron chi connectivity index (χ2n) is 7.30. The molecule has 0 bridgehead atoms. The summed E-state index contributed by atoms with van der Waals surface area (Å²) in [6.45, 7) is 3.59. The number of nitro benzene ring substituents is 1. The van der Waals surface area contributed by atoms with Gasteiger partial charge in [0.15, 0.2) is 0 Å². The first-order valence-corrected chi connectivity index (χ1v) is 10.5. The Morgan fingerprint density at radius 3 is 2.55 bits per heavy atom.